The summed E-state index contributed by atoms with van der Waals surface area (Å²) in [6.45, 7) is 0.559. The smallest absolute Gasteiger partial charge is 0.394 e. The number of pyridine rings is 1. The van der Waals surface area contributed by atoms with E-state index in [1.165, 1.54) is 0 Å². The fraction of sp³-hybridized carbons (Fsp3) is 0.348. The molecule has 1 fully saturated rings. The SMILES string of the molecule is OC[C@H]1CCCCN1c1nc(NCc2ccc(-c3ccccn3)cc2)ncc1C(F)(F)F. The Kier molecular flexibility index (Phi) is 6.55. The van der Waals surface area contributed by atoms with Crippen LogP contribution in [0.15, 0.2) is 54.9 Å². The normalized spacial score (nSPS) is 16.8. The number of anilines is 2. The van der Waals surface area contributed by atoms with E-state index in [0.29, 0.717) is 19.5 Å². The number of hydrogen-bond donors (Lipinski definition) is 2. The number of aliphatic hydroxyl groups is 1. The highest BCUT2D eigenvalue weighted by Crippen LogP contribution is 2.37. The van der Waals surface area contributed by atoms with Crippen LogP contribution in [-0.2, 0) is 12.7 Å². The van der Waals surface area contributed by atoms with E-state index in [1.807, 2.05) is 42.5 Å². The Labute approximate surface area is 184 Å². The maximum atomic E-state index is 13.6. The van der Waals surface area contributed by atoms with Crippen molar-refractivity contribution in [3.8, 4) is 11.3 Å². The van der Waals surface area contributed by atoms with Crippen LogP contribution in [0.3, 0.4) is 0 Å². The van der Waals surface area contributed by atoms with Gasteiger partial charge in [0.1, 0.15) is 11.4 Å². The van der Waals surface area contributed by atoms with E-state index >= 15 is 0 Å². The minimum Gasteiger partial charge on any atom is -0.394 e. The van der Waals surface area contributed by atoms with Crippen LogP contribution in [0.2, 0.25) is 0 Å². The predicted octanol–water partition coefficient (Wildman–Crippen LogP) is 4.52. The maximum Gasteiger partial charge on any atom is 0.421 e. The van der Waals surface area contributed by atoms with E-state index in [0.717, 1.165) is 35.9 Å². The van der Waals surface area contributed by atoms with Crippen molar-refractivity contribution in [3.05, 3.63) is 66.0 Å². The van der Waals surface area contributed by atoms with Gasteiger partial charge in [-0.3, -0.25) is 4.98 Å². The minimum atomic E-state index is -4.58. The molecule has 0 unspecified atom stereocenters. The lowest BCUT2D eigenvalue weighted by Crippen LogP contribution is -2.43. The molecular formula is C23H24F3N5O. The van der Waals surface area contributed by atoms with Gasteiger partial charge in [0.2, 0.25) is 5.95 Å². The van der Waals surface area contributed by atoms with Gasteiger partial charge in [-0.25, -0.2) is 4.98 Å². The van der Waals surface area contributed by atoms with Crippen molar-refractivity contribution in [2.24, 2.45) is 0 Å². The number of aliphatic hydroxyl groups excluding tert-OH is 1. The van der Waals surface area contributed by atoms with Crippen LogP contribution in [0.5, 0.6) is 0 Å². The van der Waals surface area contributed by atoms with Gasteiger partial charge in [0.25, 0.3) is 0 Å². The second-order valence-corrected chi connectivity index (χ2v) is 7.72. The van der Waals surface area contributed by atoms with Gasteiger partial charge in [0, 0.05) is 31.0 Å². The summed E-state index contributed by atoms with van der Waals surface area (Å²) in [7, 11) is 0. The molecule has 6 nitrogen and oxygen atoms in total. The highest BCUT2D eigenvalue weighted by atomic mass is 19.4. The van der Waals surface area contributed by atoms with Crippen LogP contribution < -0.4 is 10.2 Å². The zero-order valence-corrected chi connectivity index (χ0v) is 17.4. The monoisotopic (exact) mass is 443 g/mol. The second kappa shape index (κ2) is 9.52. The van der Waals surface area contributed by atoms with Gasteiger partial charge in [0.05, 0.1) is 18.3 Å². The van der Waals surface area contributed by atoms with Gasteiger partial charge < -0.3 is 15.3 Å². The Morgan fingerprint density at radius 2 is 1.88 bits per heavy atom. The van der Waals surface area contributed by atoms with E-state index in [2.05, 4.69) is 20.3 Å². The predicted molar refractivity (Wildman–Crippen MR) is 116 cm³/mol. The number of benzene rings is 1. The van der Waals surface area contributed by atoms with Crippen molar-refractivity contribution < 1.29 is 18.3 Å². The third-order valence-electron chi connectivity index (χ3n) is 5.55. The summed E-state index contributed by atoms with van der Waals surface area (Å²) in [6, 6.07) is 13.0. The molecule has 2 N–H and O–H groups in total. The number of rotatable bonds is 6. The van der Waals surface area contributed by atoms with E-state index in [4.69, 9.17) is 0 Å². The average molecular weight is 443 g/mol. The van der Waals surface area contributed by atoms with Gasteiger partial charge in [-0.15, -0.1) is 0 Å². The first-order valence-corrected chi connectivity index (χ1v) is 10.5. The third-order valence-corrected chi connectivity index (χ3v) is 5.55. The first-order valence-electron chi connectivity index (χ1n) is 10.5. The Bertz CT molecular complexity index is 1030. The van der Waals surface area contributed by atoms with Crippen LogP contribution in [-0.4, -0.2) is 39.3 Å². The highest BCUT2D eigenvalue weighted by molar-refractivity contribution is 5.59. The van der Waals surface area contributed by atoms with Crippen molar-refractivity contribution in [2.75, 3.05) is 23.4 Å². The first kappa shape index (κ1) is 22.0. The van der Waals surface area contributed by atoms with Crippen LogP contribution >= 0.6 is 0 Å². The number of alkyl halides is 3. The summed E-state index contributed by atoms with van der Waals surface area (Å²) in [6.07, 6.45) is 0.221. The summed E-state index contributed by atoms with van der Waals surface area (Å²) in [5, 5.41) is 12.7. The summed E-state index contributed by atoms with van der Waals surface area (Å²) in [5.41, 5.74) is 1.88. The van der Waals surface area contributed by atoms with Gasteiger partial charge in [-0.1, -0.05) is 30.3 Å². The summed E-state index contributed by atoms with van der Waals surface area (Å²) in [5.74, 6) is -0.0664. The zero-order valence-electron chi connectivity index (χ0n) is 17.4. The molecule has 0 spiro atoms. The van der Waals surface area contributed by atoms with Crippen LogP contribution in [0.1, 0.15) is 30.4 Å². The molecule has 0 aliphatic carbocycles. The second-order valence-electron chi connectivity index (χ2n) is 7.72. The zero-order chi connectivity index (χ0) is 22.6. The molecule has 1 aliphatic heterocycles. The fourth-order valence-corrected chi connectivity index (χ4v) is 3.85. The number of nitrogens with zero attached hydrogens (tertiary/aromatic N) is 4. The molecule has 1 atom stereocenters. The topological polar surface area (TPSA) is 74.2 Å². The average Bonchev–Trinajstić information content (AvgIpc) is 2.83. The number of nitrogens with one attached hydrogen (secondary N) is 1. The number of hydrogen-bond acceptors (Lipinski definition) is 6. The molecule has 32 heavy (non-hydrogen) atoms. The molecule has 1 saturated heterocycles. The van der Waals surface area contributed by atoms with E-state index in [-0.39, 0.29) is 24.4 Å². The Balaban J connectivity index is 1.53. The van der Waals surface area contributed by atoms with Gasteiger partial charge in [0.15, 0.2) is 0 Å². The summed E-state index contributed by atoms with van der Waals surface area (Å²) >= 11 is 0. The van der Waals surface area contributed by atoms with E-state index in [9.17, 15) is 18.3 Å². The summed E-state index contributed by atoms with van der Waals surface area (Å²) in [4.78, 5) is 14.0. The molecule has 1 aromatic carbocycles. The van der Waals surface area contributed by atoms with Crippen LogP contribution in [0.4, 0.5) is 24.9 Å². The molecule has 0 amide bonds. The molecular weight excluding hydrogens is 419 g/mol. The molecule has 1 aliphatic rings. The fourth-order valence-electron chi connectivity index (χ4n) is 3.85. The first-order chi connectivity index (χ1) is 15.5. The molecule has 9 heteroatoms. The third kappa shape index (κ3) is 4.99. The standard InChI is InChI=1S/C23H24F3N5O/c24-23(25,26)19-14-29-22(30-21(19)31-12-4-2-5-18(31)15-32)28-13-16-7-9-17(10-8-16)20-6-1-3-11-27-20/h1,3,6-11,14,18,32H,2,4-5,12-13,15H2,(H,28,29,30)/t18-/m1/s1. The molecule has 3 heterocycles. The van der Waals surface area contributed by atoms with Crippen molar-refractivity contribution in [3.63, 3.8) is 0 Å². The largest absolute Gasteiger partial charge is 0.421 e. The lowest BCUT2D eigenvalue weighted by atomic mass is 10.0. The Morgan fingerprint density at radius 3 is 2.56 bits per heavy atom. The number of halogens is 3. The number of piperidine rings is 1. The number of aromatic nitrogens is 3. The van der Waals surface area contributed by atoms with Crippen LogP contribution in [0.25, 0.3) is 11.3 Å². The quantitative estimate of drug-likeness (QED) is 0.584. The highest BCUT2D eigenvalue weighted by Gasteiger charge is 2.38. The summed E-state index contributed by atoms with van der Waals surface area (Å²) < 4.78 is 40.8. The van der Waals surface area contributed by atoms with Crippen molar-refractivity contribution in [2.45, 2.75) is 38.0 Å². The lowest BCUT2D eigenvalue weighted by Gasteiger charge is -2.36. The Hall–Kier alpha value is -3.20. The van der Waals surface area contributed by atoms with E-state index in [1.54, 1.807) is 11.1 Å². The minimum absolute atomic E-state index is 0.115. The molecule has 168 valence electrons. The van der Waals surface area contributed by atoms with Crippen LogP contribution in [0, 0.1) is 0 Å². The lowest BCUT2D eigenvalue weighted by molar-refractivity contribution is -0.137. The van der Waals surface area contributed by atoms with Gasteiger partial charge >= 0.3 is 6.18 Å². The van der Waals surface area contributed by atoms with Crippen molar-refractivity contribution in [1.29, 1.82) is 0 Å². The molecule has 0 bridgehead atoms. The molecule has 4 rings (SSSR count). The maximum absolute atomic E-state index is 13.6. The van der Waals surface area contributed by atoms with E-state index < -0.39 is 11.7 Å². The van der Waals surface area contributed by atoms with Crippen molar-refractivity contribution in [1.82, 2.24) is 15.0 Å². The molecule has 3 aromatic rings. The Morgan fingerprint density at radius 1 is 1.06 bits per heavy atom. The van der Waals surface area contributed by atoms with Gasteiger partial charge in [-0.05, 0) is 37.0 Å². The molecule has 0 radical (unpaired) electrons. The van der Waals surface area contributed by atoms with Gasteiger partial charge in [-0.2, -0.15) is 18.2 Å². The molecule has 2 aromatic heterocycles. The molecule has 0 saturated carbocycles. The van der Waals surface area contributed by atoms with Crippen molar-refractivity contribution >= 4 is 11.8 Å².